The largest absolute Gasteiger partial charge is 0.323 e. The maximum absolute atomic E-state index is 5.95. The summed E-state index contributed by atoms with van der Waals surface area (Å²) in [5.74, 6) is 1.63. The Bertz CT molecular complexity index is 730. The second kappa shape index (κ2) is 5.90. The van der Waals surface area contributed by atoms with E-state index in [2.05, 4.69) is 41.7 Å². The Balaban J connectivity index is 2.07. The van der Waals surface area contributed by atoms with Crippen LogP contribution >= 0.6 is 11.6 Å². The summed E-state index contributed by atoms with van der Waals surface area (Å²) in [6, 6.07) is 8.47. The van der Waals surface area contributed by atoms with Crippen LogP contribution < -0.4 is 0 Å². The zero-order valence-corrected chi connectivity index (χ0v) is 13.1. The molecule has 110 valence electrons. The molecule has 2 aromatic heterocycles. The molecule has 0 aliphatic carbocycles. The molecule has 0 N–H and O–H groups in total. The average Bonchev–Trinajstić information content (AvgIpc) is 3.07. The van der Waals surface area contributed by atoms with Crippen LogP contribution in [0.2, 0.25) is 0 Å². The van der Waals surface area contributed by atoms with E-state index in [0.29, 0.717) is 5.88 Å². The molecule has 3 rings (SSSR count). The van der Waals surface area contributed by atoms with E-state index in [1.165, 1.54) is 11.1 Å². The van der Waals surface area contributed by atoms with Crippen molar-refractivity contribution in [1.29, 1.82) is 0 Å². The predicted molar refractivity (Wildman–Crippen MR) is 85.8 cm³/mol. The van der Waals surface area contributed by atoms with Gasteiger partial charge in [-0.1, -0.05) is 12.1 Å². The van der Waals surface area contributed by atoms with E-state index in [0.717, 1.165) is 24.3 Å². The first-order valence-electron chi connectivity index (χ1n) is 7.20. The highest BCUT2D eigenvalue weighted by atomic mass is 35.5. The highest BCUT2D eigenvalue weighted by molar-refractivity contribution is 6.17. The molecule has 1 unspecified atom stereocenters. The summed E-state index contributed by atoms with van der Waals surface area (Å²) in [4.78, 5) is 4.76. The highest BCUT2D eigenvalue weighted by Crippen LogP contribution is 2.25. The summed E-state index contributed by atoms with van der Waals surface area (Å²) in [5.41, 5.74) is 3.49. The zero-order chi connectivity index (χ0) is 14.8. The van der Waals surface area contributed by atoms with Crippen LogP contribution in [0.25, 0.3) is 11.0 Å². The topological polar surface area (TPSA) is 35.6 Å². The fourth-order valence-electron chi connectivity index (χ4n) is 2.87. The fourth-order valence-corrected chi connectivity index (χ4v) is 3.03. The predicted octanol–water partition coefficient (Wildman–Crippen LogP) is 3.58. The molecule has 0 amide bonds. The van der Waals surface area contributed by atoms with Crippen LogP contribution in [0, 0.1) is 6.92 Å². The van der Waals surface area contributed by atoms with Crippen molar-refractivity contribution in [2.24, 2.45) is 0 Å². The molecular formula is C16H19ClN4. The molecule has 3 aromatic rings. The van der Waals surface area contributed by atoms with E-state index in [9.17, 15) is 0 Å². The summed E-state index contributed by atoms with van der Waals surface area (Å²) in [5, 5.41) is 4.30. The van der Waals surface area contributed by atoms with Gasteiger partial charge in [0, 0.05) is 24.7 Å². The normalized spacial score (nSPS) is 12.9. The van der Waals surface area contributed by atoms with Crippen LogP contribution in [0.4, 0.5) is 0 Å². The molecule has 2 heterocycles. The van der Waals surface area contributed by atoms with Crippen LogP contribution in [0.15, 0.2) is 36.7 Å². The van der Waals surface area contributed by atoms with Crippen LogP contribution in [-0.2, 0) is 13.0 Å². The Morgan fingerprint density at radius 1 is 1.29 bits per heavy atom. The molecule has 21 heavy (non-hydrogen) atoms. The third-order valence-corrected chi connectivity index (χ3v) is 3.94. The standard InChI is InChI=1S/C16H19ClN4/c1-12-5-3-6-14-16(12)21(15(19-14)7-8-17)13(2)11-20-10-4-9-18-20/h3-6,9-10,13H,7-8,11H2,1-2H3. The van der Waals surface area contributed by atoms with Gasteiger partial charge in [0.25, 0.3) is 0 Å². The molecule has 0 aliphatic heterocycles. The number of alkyl halides is 1. The van der Waals surface area contributed by atoms with Gasteiger partial charge in [-0.25, -0.2) is 4.98 Å². The summed E-state index contributed by atoms with van der Waals surface area (Å²) >= 11 is 5.95. The van der Waals surface area contributed by atoms with Gasteiger partial charge in [-0.3, -0.25) is 4.68 Å². The van der Waals surface area contributed by atoms with Gasteiger partial charge in [-0.05, 0) is 31.5 Å². The number of para-hydroxylation sites is 1. The van der Waals surface area contributed by atoms with Crippen molar-refractivity contribution >= 4 is 22.6 Å². The van der Waals surface area contributed by atoms with Gasteiger partial charge in [-0.15, -0.1) is 11.6 Å². The van der Waals surface area contributed by atoms with Gasteiger partial charge in [0.1, 0.15) is 5.82 Å². The first kappa shape index (κ1) is 14.1. The van der Waals surface area contributed by atoms with Crippen molar-refractivity contribution in [2.45, 2.75) is 32.9 Å². The maximum Gasteiger partial charge on any atom is 0.111 e. The second-order valence-electron chi connectivity index (χ2n) is 5.36. The number of halogens is 1. The van der Waals surface area contributed by atoms with Crippen LogP contribution in [0.3, 0.4) is 0 Å². The van der Waals surface area contributed by atoms with Gasteiger partial charge in [0.15, 0.2) is 0 Å². The SMILES string of the molecule is Cc1cccc2nc(CCCl)n(C(C)Cn3cccn3)c12. The highest BCUT2D eigenvalue weighted by Gasteiger charge is 2.17. The summed E-state index contributed by atoms with van der Waals surface area (Å²) in [6.07, 6.45) is 4.58. The summed E-state index contributed by atoms with van der Waals surface area (Å²) < 4.78 is 4.27. The van der Waals surface area contributed by atoms with Gasteiger partial charge in [-0.2, -0.15) is 5.10 Å². The molecule has 0 saturated carbocycles. The minimum Gasteiger partial charge on any atom is -0.323 e. The summed E-state index contributed by atoms with van der Waals surface area (Å²) in [6.45, 7) is 5.15. The fraction of sp³-hybridized carbons (Fsp3) is 0.375. The summed E-state index contributed by atoms with van der Waals surface area (Å²) in [7, 11) is 0. The molecule has 0 bridgehead atoms. The minimum atomic E-state index is 0.272. The van der Waals surface area contributed by atoms with E-state index in [-0.39, 0.29) is 6.04 Å². The van der Waals surface area contributed by atoms with Crippen molar-refractivity contribution in [3.8, 4) is 0 Å². The number of imidazole rings is 1. The van der Waals surface area contributed by atoms with Crippen LogP contribution in [0.1, 0.15) is 24.4 Å². The van der Waals surface area contributed by atoms with E-state index < -0.39 is 0 Å². The maximum atomic E-state index is 5.95. The van der Waals surface area contributed by atoms with Gasteiger partial charge in [0.05, 0.1) is 23.6 Å². The number of aryl methyl sites for hydroxylation is 2. The van der Waals surface area contributed by atoms with E-state index in [1.807, 2.05) is 23.1 Å². The van der Waals surface area contributed by atoms with E-state index >= 15 is 0 Å². The van der Waals surface area contributed by atoms with Crippen molar-refractivity contribution in [1.82, 2.24) is 19.3 Å². The molecular weight excluding hydrogens is 284 g/mol. The molecule has 0 fully saturated rings. The Hall–Kier alpha value is -1.81. The molecule has 0 aliphatic rings. The second-order valence-corrected chi connectivity index (χ2v) is 5.73. The number of hydrogen-bond acceptors (Lipinski definition) is 2. The minimum absolute atomic E-state index is 0.272. The molecule has 4 nitrogen and oxygen atoms in total. The Labute approximate surface area is 129 Å². The average molecular weight is 303 g/mol. The van der Waals surface area contributed by atoms with E-state index in [1.54, 1.807) is 0 Å². The lowest BCUT2D eigenvalue weighted by molar-refractivity contribution is 0.435. The molecule has 0 radical (unpaired) electrons. The van der Waals surface area contributed by atoms with Crippen molar-refractivity contribution in [2.75, 3.05) is 5.88 Å². The third kappa shape index (κ3) is 2.68. The van der Waals surface area contributed by atoms with Crippen molar-refractivity contribution in [3.05, 3.63) is 48.0 Å². The lowest BCUT2D eigenvalue weighted by Crippen LogP contribution is -2.16. The first-order valence-corrected chi connectivity index (χ1v) is 7.74. The number of benzene rings is 1. The monoisotopic (exact) mass is 302 g/mol. The molecule has 1 aromatic carbocycles. The Kier molecular flexibility index (Phi) is 3.97. The van der Waals surface area contributed by atoms with Gasteiger partial charge >= 0.3 is 0 Å². The zero-order valence-electron chi connectivity index (χ0n) is 12.3. The number of rotatable bonds is 5. The number of aromatic nitrogens is 4. The molecule has 1 atom stereocenters. The lowest BCUT2D eigenvalue weighted by Gasteiger charge is -2.18. The molecule has 5 heteroatoms. The van der Waals surface area contributed by atoms with Gasteiger partial charge in [0.2, 0.25) is 0 Å². The number of nitrogens with zero attached hydrogens (tertiary/aromatic N) is 4. The van der Waals surface area contributed by atoms with Crippen LogP contribution in [-0.4, -0.2) is 25.2 Å². The van der Waals surface area contributed by atoms with Crippen LogP contribution in [0.5, 0.6) is 0 Å². The first-order chi connectivity index (χ1) is 10.2. The Morgan fingerprint density at radius 3 is 2.86 bits per heavy atom. The Morgan fingerprint density at radius 2 is 2.14 bits per heavy atom. The lowest BCUT2D eigenvalue weighted by atomic mass is 10.2. The molecule has 0 saturated heterocycles. The smallest absolute Gasteiger partial charge is 0.111 e. The molecule has 0 spiro atoms. The quantitative estimate of drug-likeness (QED) is 0.675. The van der Waals surface area contributed by atoms with Gasteiger partial charge < -0.3 is 4.57 Å². The number of fused-ring (bicyclic) bond motifs is 1. The number of hydrogen-bond donors (Lipinski definition) is 0. The van der Waals surface area contributed by atoms with Crippen molar-refractivity contribution in [3.63, 3.8) is 0 Å². The van der Waals surface area contributed by atoms with E-state index in [4.69, 9.17) is 16.6 Å². The van der Waals surface area contributed by atoms with Crippen molar-refractivity contribution < 1.29 is 0 Å². The third-order valence-electron chi connectivity index (χ3n) is 3.75.